The van der Waals surface area contributed by atoms with Crippen molar-refractivity contribution in [1.82, 2.24) is 4.90 Å². The number of carbonyl (C=O) groups is 1. The molecule has 16 heavy (non-hydrogen) atoms. The smallest absolute Gasteiger partial charge is 0.239 e. The minimum atomic E-state index is -0.323. The van der Waals surface area contributed by atoms with Crippen LogP contribution in [0, 0.1) is 5.92 Å². The van der Waals surface area contributed by atoms with Gasteiger partial charge in [0.15, 0.2) is 0 Å². The molecule has 0 radical (unpaired) electrons. The first-order valence-corrected chi connectivity index (χ1v) is 5.81. The fourth-order valence-electron chi connectivity index (χ4n) is 1.86. The van der Waals surface area contributed by atoms with Crippen LogP contribution in [-0.2, 0) is 9.53 Å². The van der Waals surface area contributed by atoms with Crippen molar-refractivity contribution in [3.05, 3.63) is 0 Å². The van der Waals surface area contributed by atoms with E-state index in [0.29, 0.717) is 12.3 Å². The number of nitrogens with zero attached hydrogens (tertiary/aromatic N) is 1. The molecule has 1 fully saturated rings. The van der Waals surface area contributed by atoms with Crippen molar-refractivity contribution in [3.8, 4) is 0 Å². The van der Waals surface area contributed by atoms with Crippen LogP contribution in [0.5, 0.6) is 0 Å². The minimum Gasteiger partial charge on any atom is -0.381 e. The van der Waals surface area contributed by atoms with Crippen molar-refractivity contribution < 1.29 is 9.53 Å². The molecular weight excluding hydrogens is 228 g/mol. The standard InChI is InChI=1S/C11H22N2O2.ClH/c1-3-10(12)11(14)13-6-5-9(7-13)8-15-4-2;/h9-10H,3-8,12H2,1-2H3;1H/t9?,10-;/m0./s1. The molecule has 0 bridgehead atoms. The van der Waals surface area contributed by atoms with Gasteiger partial charge in [-0.05, 0) is 19.8 Å². The molecule has 1 heterocycles. The highest BCUT2D eigenvalue weighted by Crippen LogP contribution is 2.17. The van der Waals surface area contributed by atoms with Crippen molar-refractivity contribution in [2.75, 3.05) is 26.3 Å². The van der Waals surface area contributed by atoms with Gasteiger partial charge in [-0.2, -0.15) is 0 Å². The fraction of sp³-hybridized carbons (Fsp3) is 0.909. The summed E-state index contributed by atoms with van der Waals surface area (Å²) in [6, 6.07) is -0.323. The largest absolute Gasteiger partial charge is 0.381 e. The molecule has 0 aliphatic carbocycles. The average molecular weight is 251 g/mol. The Hall–Kier alpha value is -0.320. The number of rotatable bonds is 5. The Morgan fingerprint density at radius 1 is 1.56 bits per heavy atom. The first-order valence-electron chi connectivity index (χ1n) is 5.81. The number of likely N-dealkylation sites (tertiary alicyclic amines) is 1. The molecule has 2 N–H and O–H groups in total. The molecule has 1 unspecified atom stereocenters. The second kappa shape index (κ2) is 7.87. The summed E-state index contributed by atoms with van der Waals surface area (Å²) in [6.45, 7) is 7.10. The van der Waals surface area contributed by atoms with E-state index >= 15 is 0 Å². The van der Waals surface area contributed by atoms with Crippen molar-refractivity contribution in [2.24, 2.45) is 11.7 Å². The maximum atomic E-state index is 11.8. The SMILES string of the molecule is CCOCC1CCN(C(=O)[C@@H](N)CC)C1.Cl. The number of carbonyl (C=O) groups excluding carboxylic acids is 1. The predicted molar refractivity (Wildman–Crippen MR) is 66.7 cm³/mol. The summed E-state index contributed by atoms with van der Waals surface area (Å²) in [5.41, 5.74) is 5.72. The van der Waals surface area contributed by atoms with Gasteiger partial charge in [0.1, 0.15) is 0 Å². The lowest BCUT2D eigenvalue weighted by Crippen LogP contribution is -2.42. The lowest BCUT2D eigenvalue weighted by Gasteiger charge is -2.20. The second-order valence-corrected chi connectivity index (χ2v) is 4.11. The molecular formula is C11H23ClN2O2. The fourth-order valence-corrected chi connectivity index (χ4v) is 1.86. The van der Waals surface area contributed by atoms with E-state index in [1.165, 1.54) is 0 Å². The Bertz CT molecular complexity index is 214. The summed E-state index contributed by atoms with van der Waals surface area (Å²) in [4.78, 5) is 13.6. The molecule has 2 atom stereocenters. The van der Waals surface area contributed by atoms with Gasteiger partial charge < -0.3 is 15.4 Å². The van der Waals surface area contributed by atoms with Gasteiger partial charge in [-0.25, -0.2) is 0 Å². The van der Waals surface area contributed by atoms with Gasteiger partial charge in [-0.3, -0.25) is 4.79 Å². The Balaban J connectivity index is 0.00000225. The minimum absolute atomic E-state index is 0. The molecule has 0 aromatic carbocycles. The Morgan fingerprint density at radius 3 is 2.81 bits per heavy atom. The molecule has 1 aliphatic rings. The van der Waals surface area contributed by atoms with Crippen LogP contribution in [0.25, 0.3) is 0 Å². The summed E-state index contributed by atoms with van der Waals surface area (Å²) in [6.07, 6.45) is 1.76. The summed E-state index contributed by atoms with van der Waals surface area (Å²) in [5.74, 6) is 0.592. The maximum Gasteiger partial charge on any atom is 0.239 e. The number of ether oxygens (including phenoxy) is 1. The molecule has 1 amide bonds. The number of hydrogen-bond donors (Lipinski definition) is 1. The quantitative estimate of drug-likeness (QED) is 0.793. The van der Waals surface area contributed by atoms with Crippen molar-refractivity contribution >= 4 is 18.3 Å². The highest BCUT2D eigenvalue weighted by Gasteiger charge is 2.28. The molecule has 0 spiro atoms. The van der Waals surface area contributed by atoms with E-state index in [1.807, 2.05) is 18.7 Å². The molecule has 1 aliphatic heterocycles. The highest BCUT2D eigenvalue weighted by molar-refractivity contribution is 5.85. The van der Waals surface area contributed by atoms with Crippen LogP contribution in [0.3, 0.4) is 0 Å². The van der Waals surface area contributed by atoms with Gasteiger partial charge in [-0.15, -0.1) is 12.4 Å². The third-order valence-electron chi connectivity index (χ3n) is 2.91. The van der Waals surface area contributed by atoms with Crippen LogP contribution in [0.4, 0.5) is 0 Å². The van der Waals surface area contributed by atoms with Crippen molar-refractivity contribution in [2.45, 2.75) is 32.7 Å². The van der Waals surface area contributed by atoms with Gasteiger partial charge in [0.2, 0.25) is 5.91 Å². The van der Waals surface area contributed by atoms with Crippen LogP contribution < -0.4 is 5.73 Å². The zero-order valence-corrected chi connectivity index (χ0v) is 11.0. The lowest BCUT2D eigenvalue weighted by molar-refractivity contribution is -0.131. The van der Waals surface area contributed by atoms with E-state index < -0.39 is 0 Å². The first-order chi connectivity index (χ1) is 7.19. The van der Waals surface area contributed by atoms with Crippen molar-refractivity contribution in [3.63, 3.8) is 0 Å². The van der Waals surface area contributed by atoms with E-state index in [1.54, 1.807) is 0 Å². The van der Waals surface area contributed by atoms with Crippen LogP contribution in [-0.4, -0.2) is 43.2 Å². The zero-order chi connectivity index (χ0) is 11.3. The number of halogens is 1. The zero-order valence-electron chi connectivity index (χ0n) is 10.1. The predicted octanol–water partition coefficient (Wildman–Crippen LogP) is 1.03. The molecule has 96 valence electrons. The molecule has 1 rings (SSSR count). The third kappa shape index (κ3) is 4.28. The van der Waals surface area contributed by atoms with E-state index in [-0.39, 0.29) is 24.4 Å². The van der Waals surface area contributed by atoms with Crippen LogP contribution in [0.15, 0.2) is 0 Å². The van der Waals surface area contributed by atoms with E-state index in [2.05, 4.69) is 0 Å². The van der Waals surface area contributed by atoms with Crippen LogP contribution in [0.1, 0.15) is 26.7 Å². The number of hydrogen-bond acceptors (Lipinski definition) is 3. The average Bonchev–Trinajstić information content (AvgIpc) is 2.72. The van der Waals surface area contributed by atoms with Gasteiger partial charge in [0, 0.05) is 25.6 Å². The topological polar surface area (TPSA) is 55.6 Å². The molecule has 0 saturated carbocycles. The van der Waals surface area contributed by atoms with Gasteiger partial charge in [0.25, 0.3) is 0 Å². The van der Waals surface area contributed by atoms with Crippen molar-refractivity contribution in [1.29, 1.82) is 0 Å². The highest BCUT2D eigenvalue weighted by atomic mass is 35.5. The molecule has 1 saturated heterocycles. The summed E-state index contributed by atoms with van der Waals surface area (Å²) in [7, 11) is 0. The third-order valence-corrected chi connectivity index (χ3v) is 2.91. The van der Waals surface area contributed by atoms with Crippen LogP contribution in [0.2, 0.25) is 0 Å². The summed E-state index contributed by atoms with van der Waals surface area (Å²) in [5, 5.41) is 0. The summed E-state index contributed by atoms with van der Waals surface area (Å²) < 4.78 is 5.36. The normalized spacial score (nSPS) is 21.7. The number of amides is 1. The van der Waals surface area contributed by atoms with Gasteiger partial charge in [0.05, 0.1) is 12.6 Å². The Morgan fingerprint density at radius 2 is 2.25 bits per heavy atom. The molecule has 0 aromatic rings. The Kier molecular flexibility index (Phi) is 7.72. The second-order valence-electron chi connectivity index (χ2n) is 4.11. The van der Waals surface area contributed by atoms with Crippen LogP contribution >= 0.6 is 12.4 Å². The molecule has 5 heteroatoms. The summed E-state index contributed by atoms with van der Waals surface area (Å²) >= 11 is 0. The lowest BCUT2D eigenvalue weighted by atomic mass is 10.1. The molecule has 0 aromatic heterocycles. The number of nitrogens with two attached hydrogens (primary N) is 1. The van der Waals surface area contributed by atoms with Gasteiger partial charge in [-0.1, -0.05) is 6.92 Å². The molecule has 4 nitrogen and oxygen atoms in total. The Labute approximate surface area is 104 Å². The maximum absolute atomic E-state index is 11.8. The van der Waals surface area contributed by atoms with E-state index in [9.17, 15) is 4.79 Å². The first kappa shape index (κ1) is 15.7. The van der Waals surface area contributed by atoms with E-state index in [0.717, 1.165) is 32.7 Å². The van der Waals surface area contributed by atoms with Gasteiger partial charge >= 0.3 is 0 Å². The monoisotopic (exact) mass is 250 g/mol. The van der Waals surface area contributed by atoms with E-state index in [4.69, 9.17) is 10.5 Å².